The lowest BCUT2D eigenvalue weighted by Gasteiger charge is -2.37. The first-order chi connectivity index (χ1) is 9.97. The molecule has 1 N–H and O–H groups in total. The van der Waals surface area contributed by atoms with Gasteiger partial charge in [-0.2, -0.15) is 23.5 Å². The first kappa shape index (κ1) is 17.0. The lowest BCUT2D eigenvalue weighted by Crippen LogP contribution is -2.36. The van der Waals surface area contributed by atoms with E-state index in [-0.39, 0.29) is 0 Å². The minimum atomic E-state index is 0.341. The molecule has 1 aliphatic rings. The van der Waals surface area contributed by atoms with Crippen LogP contribution in [0, 0.1) is 13.8 Å². The SMILES string of the molecule is CNC(c1c(C)cc(C)cc1OC)C1CSC(C)C(C)S1. The van der Waals surface area contributed by atoms with Gasteiger partial charge in [-0.3, -0.25) is 0 Å². The van der Waals surface area contributed by atoms with E-state index in [9.17, 15) is 0 Å². The Kier molecular flexibility index (Phi) is 5.92. The Morgan fingerprint density at radius 3 is 2.52 bits per heavy atom. The fourth-order valence-corrected chi connectivity index (χ4v) is 6.14. The summed E-state index contributed by atoms with van der Waals surface area (Å²) >= 11 is 4.21. The number of thioether (sulfide) groups is 2. The number of benzene rings is 1. The third kappa shape index (κ3) is 3.72. The second-order valence-corrected chi connectivity index (χ2v) is 8.91. The van der Waals surface area contributed by atoms with E-state index >= 15 is 0 Å². The fraction of sp³-hybridized carbons (Fsp3) is 0.647. The Morgan fingerprint density at radius 1 is 1.24 bits per heavy atom. The van der Waals surface area contributed by atoms with E-state index in [1.54, 1.807) is 7.11 Å². The molecule has 0 saturated carbocycles. The molecule has 1 aromatic rings. The Labute approximate surface area is 137 Å². The fourth-order valence-electron chi connectivity index (χ4n) is 3.01. The van der Waals surface area contributed by atoms with Crippen LogP contribution in [0.15, 0.2) is 12.1 Å². The molecule has 118 valence electrons. The van der Waals surface area contributed by atoms with E-state index in [4.69, 9.17) is 4.74 Å². The minimum absolute atomic E-state index is 0.341. The molecule has 2 rings (SSSR count). The summed E-state index contributed by atoms with van der Waals surface area (Å²) in [6.45, 7) is 9.01. The maximum atomic E-state index is 5.67. The van der Waals surface area contributed by atoms with E-state index in [0.717, 1.165) is 11.0 Å². The van der Waals surface area contributed by atoms with E-state index in [1.165, 1.54) is 22.4 Å². The van der Waals surface area contributed by atoms with Crippen molar-refractivity contribution in [2.45, 2.75) is 49.5 Å². The summed E-state index contributed by atoms with van der Waals surface area (Å²) in [5.41, 5.74) is 3.91. The number of aryl methyl sites for hydroxylation is 2. The number of hydrogen-bond donors (Lipinski definition) is 1. The second kappa shape index (κ2) is 7.30. The molecule has 0 radical (unpaired) electrons. The van der Waals surface area contributed by atoms with Crippen LogP contribution in [0.5, 0.6) is 5.75 Å². The zero-order chi connectivity index (χ0) is 15.6. The largest absolute Gasteiger partial charge is 0.496 e. The number of nitrogens with one attached hydrogen (secondary N) is 1. The Balaban J connectivity index is 2.33. The van der Waals surface area contributed by atoms with E-state index in [1.807, 2.05) is 0 Å². The number of hydrogen-bond acceptors (Lipinski definition) is 4. The average molecular weight is 326 g/mol. The smallest absolute Gasteiger partial charge is 0.124 e. The molecule has 1 fully saturated rings. The first-order valence-corrected chi connectivity index (χ1v) is 9.56. The lowest BCUT2D eigenvalue weighted by molar-refractivity contribution is 0.400. The van der Waals surface area contributed by atoms with Gasteiger partial charge in [-0.1, -0.05) is 19.9 Å². The van der Waals surface area contributed by atoms with E-state index < -0.39 is 0 Å². The third-order valence-corrected chi connectivity index (χ3v) is 7.78. The van der Waals surface area contributed by atoms with Crippen molar-refractivity contribution >= 4 is 23.5 Å². The summed E-state index contributed by atoms with van der Waals surface area (Å²) in [6.07, 6.45) is 0. The van der Waals surface area contributed by atoms with Gasteiger partial charge < -0.3 is 10.1 Å². The van der Waals surface area contributed by atoms with Crippen LogP contribution in [0.3, 0.4) is 0 Å². The van der Waals surface area contributed by atoms with Gasteiger partial charge in [0, 0.05) is 33.1 Å². The van der Waals surface area contributed by atoms with Crippen molar-refractivity contribution in [3.05, 3.63) is 28.8 Å². The monoisotopic (exact) mass is 325 g/mol. The van der Waals surface area contributed by atoms with Gasteiger partial charge in [0.1, 0.15) is 5.75 Å². The highest BCUT2D eigenvalue weighted by atomic mass is 32.2. The van der Waals surface area contributed by atoms with E-state index in [0.29, 0.717) is 16.5 Å². The predicted molar refractivity (Wildman–Crippen MR) is 97.0 cm³/mol. The summed E-state index contributed by atoms with van der Waals surface area (Å²) in [5, 5.41) is 5.57. The van der Waals surface area contributed by atoms with Crippen LogP contribution >= 0.6 is 23.5 Å². The summed E-state index contributed by atoms with van der Waals surface area (Å²) in [5.74, 6) is 2.21. The molecular weight excluding hydrogens is 298 g/mol. The summed E-state index contributed by atoms with van der Waals surface area (Å²) in [4.78, 5) is 0. The number of ether oxygens (including phenoxy) is 1. The topological polar surface area (TPSA) is 21.3 Å². The van der Waals surface area contributed by atoms with Crippen molar-refractivity contribution in [3.63, 3.8) is 0 Å². The summed E-state index contributed by atoms with van der Waals surface area (Å²) in [6, 6.07) is 4.75. The standard InChI is InChI=1S/C17H27NOS2/c1-10-7-11(2)16(14(8-10)19-6)17(18-5)15-9-20-12(3)13(4)21-15/h7-8,12-13,15,17-18H,9H2,1-6H3. The van der Waals surface area contributed by atoms with Gasteiger partial charge in [-0.15, -0.1) is 0 Å². The molecule has 0 spiro atoms. The van der Waals surface area contributed by atoms with Crippen molar-refractivity contribution in [3.8, 4) is 5.75 Å². The lowest BCUT2D eigenvalue weighted by atomic mass is 9.96. The average Bonchev–Trinajstić information content (AvgIpc) is 2.45. The normalized spacial score (nSPS) is 27.4. The van der Waals surface area contributed by atoms with Crippen molar-refractivity contribution in [1.29, 1.82) is 0 Å². The molecule has 1 aromatic carbocycles. The molecule has 0 amide bonds. The second-order valence-electron chi connectivity index (χ2n) is 5.88. The molecule has 2 nitrogen and oxygen atoms in total. The Hall–Kier alpha value is -0.320. The molecule has 4 heteroatoms. The highest BCUT2D eigenvalue weighted by molar-refractivity contribution is 8.07. The molecule has 0 aromatic heterocycles. The molecule has 4 unspecified atom stereocenters. The van der Waals surface area contributed by atoms with Gasteiger partial charge in [-0.05, 0) is 38.1 Å². The molecule has 0 bridgehead atoms. The molecular formula is C17H27NOS2. The van der Waals surface area contributed by atoms with Gasteiger partial charge in [0.15, 0.2) is 0 Å². The predicted octanol–water partition coefficient (Wildman–Crippen LogP) is 4.20. The quantitative estimate of drug-likeness (QED) is 0.895. The third-order valence-electron chi connectivity index (χ3n) is 4.28. The number of rotatable bonds is 4. The highest BCUT2D eigenvalue weighted by Gasteiger charge is 2.33. The maximum absolute atomic E-state index is 5.67. The summed E-state index contributed by atoms with van der Waals surface area (Å²) in [7, 11) is 3.84. The number of methoxy groups -OCH3 is 1. The van der Waals surface area contributed by atoms with Gasteiger partial charge >= 0.3 is 0 Å². The molecule has 0 aliphatic carbocycles. The summed E-state index contributed by atoms with van der Waals surface area (Å²) < 4.78 is 5.67. The van der Waals surface area contributed by atoms with Crippen molar-refractivity contribution < 1.29 is 4.74 Å². The van der Waals surface area contributed by atoms with Crippen LogP contribution in [-0.2, 0) is 0 Å². The molecule has 1 heterocycles. The van der Waals surface area contributed by atoms with Crippen LogP contribution in [0.4, 0.5) is 0 Å². The van der Waals surface area contributed by atoms with Gasteiger partial charge in [-0.25, -0.2) is 0 Å². The van der Waals surface area contributed by atoms with Crippen molar-refractivity contribution in [2.75, 3.05) is 19.9 Å². The Morgan fingerprint density at radius 2 is 1.95 bits per heavy atom. The molecule has 21 heavy (non-hydrogen) atoms. The maximum Gasteiger partial charge on any atom is 0.124 e. The van der Waals surface area contributed by atoms with Crippen LogP contribution in [0.1, 0.15) is 36.6 Å². The van der Waals surface area contributed by atoms with Crippen molar-refractivity contribution in [2.24, 2.45) is 0 Å². The van der Waals surface area contributed by atoms with Gasteiger partial charge in [0.25, 0.3) is 0 Å². The molecule has 1 saturated heterocycles. The zero-order valence-corrected chi connectivity index (χ0v) is 15.5. The molecule has 4 atom stereocenters. The zero-order valence-electron chi connectivity index (χ0n) is 13.9. The minimum Gasteiger partial charge on any atom is -0.496 e. The Bertz CT molecular complexity index is 492. The first-order valence-electron chi connectivity index (χ1n) is 7.57. The van der Waals surface area contributed by atoms with Crippen LogP contribution < -0.4 is 10.1 Å². The van der Waals surface area contributed by atoms with Gasteiger partial charge in [0.2, 0.25) is 0 Å². The van der Waals surface area contributed by atoms with Gasteiger partial charge in [0.05, 0.1) is 7.11 Å². The molecule has 1 aliphatic heterocycles. The van der Waals surface area contributed by atoms with Crippen molar-refractivity contribution in [1.82, 2.24) is 5.32 Å². The van der Waals surface area contributed by atoms with Crippen LogP contribution in [0.2, 0.25) is 0 Å². The van der Waals surface area contributed by atoms with Crippen LogP contribution in [0.25, 0.3) is 0 Å². The highest BCUT2D eigenvalue weighted by Crippen LogP contribution is 2.43. The van der Waals surface area contributed by atoms with E-state index in [2.05, 4.69) is 75.7 Å². The van der Waals surface area contributed by atoms with Crippen LogP contribution in [-0.4, -0.2) is 35.7 Å².